The van der Waals surface area contributed by atoms with Crippen LogP contribution in [0.1, 0.15) is 34.1 Å². The Labute approximate surface area is 191 Å². The van der Waals surface area contributed by atoms with E-state index in [0.717, 1.165) is 0 Å². The number of rotatable bonds is 11. The smallest absolute Gasteiger partial charge is 0.421 e. The molecule has 0 aliphatic heterocycles. The van der Waals surface area contributed by atoms with E-state index < -0.39 is 31.4 Å². The summed E-state index contributed by atoms with van der Waals surface area (Å²) in [5.74, 6) is -0.0916. The van der Waals surface area contributed by atoms with Gasteiger partial charge in [-0.25, -0.2) is 24.3 Å². The van der Waals surface area contributed by atoms with Gasteiger partial charge < -0.3 is 19.6 Å². The van der Waals surface area contributed by atoms with Crippen molar-refractivity contribution in [2.75, 3.05) is 12.1 Å². The molecule has 1 unspecified atom stereocenters. The summed E-state index contributed by atoms with van der Waals surface area (Å²) in [6.45, 7) is 7.35. The first-order chi connectivity index (χ1) is 15.6. The van der Waals surface area contributed by atoms with Crippen molar-refractivity contribution >= 4 is 30.5 Å². The second kappa shape index (κ2) is 10.3. The van der Waals surface area contributed by atoms with Crippen molar-refractivity contribution < 1.29 is 28.2 Å². The summed E-state index contributed by atoms with van der Waals surface area (Å²) < 4.78 is 31.5. The number of ether oxygens (including phenoxy) is 1. The predicted octanol–water partition coefficient (Wildman–Crippen LogP) is 3.95. The maximum atomic E-state index is 13.4. The fraction of sp³-hybridized carbons (Fsp3) is 0.429. The Balaban J connectivity index is 1.68. The predicted molar refractivity (Wildman–Crippen MR) is 121 cm³/mol. The maximum absolute atomic E-state index is 13.4. The van der Waals surface area contributed by atoms with Gasteiger partial charge in [0.15, 0.2) is 17.8 Å². The first-order valence-corrected chi connectivity index (χ1v) is 12.1. The number of anilines is 1. The van der Waals surface area contributed by atoms with Gasteiger partial charge in [-0.3, -0.25) is 4.89 Å². The van der Waals surface area contributed by atoms with Gasteiger partial charge in [0.2, 0.25) is 0 Å². The van der Waals surface area contributed by atoms with E-state index in [9.17, 15) is 9.36 Å². The molecule has 0 radical (unpaired) electrons. The molecule has 0 saturated heterocycles. The van der Waals surface area contributed by atoms with Crippen molar-refractivity contribution in [1.82, 2.24) is 19.5 Å². The molecular weight excluding hydrogens is 449 g/mol. The fourth-order valence-corrected chi connectivity index (χ4v) is 3.82. The molecule has 2 N–H and O–H groups in total. The SMILES string of the molecule is CCC(C)(C)C(=O)OOP(=O)(CO[C@H](C)Cn1cnc2c(N)ncnc21)Oc1ccccc1. The third kappa shape index (κ3) is 6.28. The van der Waals surface area contributed by atoms with Gasteiger partial charge in [-0.15, -0.1) is 0 Å². The molecule has 2 heterocycles. The van der Waals surface area contributed by atoms with Crippen LogP contribution in [-0.4, -0.2) is 37.9 Å². The van der Waals surface area contributed by atoms with Crippen molar-refractivity contribution in [3.8, 4) is 5.75 Å². The van der Waals surface area contributed by atoms with Crippen LogP contribution < -0.4 is 10.3 Å². The minimum absolute atomic E-state index is 0.276. The van der Waals surface area contributed by atoms with Crippen molar-refractivity contribution in [3.63, 3.8) is 0 Å². The zero-order valence-electron chi connectivity index (χ0n) is 19.0. The Bertz CT molecular complexity index is 1140. The molecule has 0 aliphatic carbocycles. The van der Waals surface area contributed by atoms with Gasteiger partial charge in [-0.2, -0.15) is 0 Å². The number of nitrogen functional groups attached to an aromatic ring is 1. The molecule has 12 heteroatoms. The van der Waals surface area contributed by atoms with Crippen LogP contribution in [0.25, 0.3) is 11.2 Å². The summed E-state index contributed by atoms with van der Waals surface area (Å²) in [5.41, 5.74) is 6.04. The minimum Gasteiger partial charge on any atom is -0.421 e. The topological polar surface area (TPSA) is 141 Å². The van der Waals surface area contributed by atoms with Gasteiger partial charge in [-0.1, -0.05) is 29.8 Å². The normalized spacial score (nSPS) is 14.5. The number of carbonyl (C=O) groups excluding carboxylic acids is 1. The van der Waals surface area contributed by atoms with Crippen LogP contribution in [0.2, 0.25) is 0 Å². The molecule has 2 atom stereocenters. The standard InChI is InChI=1S/C21H28N5O6P/c1-5-21(3,4)20(27)30-32-33(28,31-16-9-7-6-8-10-16)14-29-15(2)11-26-13-25-17-18(22)23-12-24-19(17)26/h6-10,12-13,15H,5,11,14H2,1-4H3,(H2,22,23,24)/t15-,33?/m1/s1. The summed E-state index contributed by atoms with van der Waals surface area (Å²) in [6.07, 6.45) is 2.54. The van der Waals surface area contributed by atoms with Crippen LogP contribution in [0, 0.1) is 5.41 Å². The summed E-state index contributed by atoms with van der Waals surface area (Å²) in [7, 11) is -4.01. The number of fused-ring (bicyclic) bond motifs is 1. The van der Waals surface area contributed by atoms with Crippen LogP contribution >= 0.6 is 7.60 Å². The van der Waals surface area contributed by atoms with Gasteiger partial charge in [0.05, 0.1) is 24.4 Å². The van der Waals surface area contributed by atoms with Crippen LogP contribution in [-0.2, 0) is 30.2 Å². The Kier molecular flexibility index (Phi) is 7.68. The van der Waals surface area contributed by atoms with Crippen LogP contribution in [0.4, 0.5) is 5.82 Å². The number of hydrogen-bond donors (Lipinski definition) is 1. The van der Waals surface area contributed by atoms with Gasteiger partial charge in [-0.05, 0) is 39.3 Å². The number of aromatic nitrogens is 4. The molecule has 33 heavy (non-hydrogen) atoms. The molecule has 0 saturated carbocycles. The second-order valence-electron chi connectivity index (χ2n) is 8.13. The highest BCUT2D eigenvalue weighted by Crippen LogP contribution is 2.49. The Hall–Kier alpha value is -3.01. The lowest BCUT2D eigenvalue weighted by molar-refractivity contribution is -0.228. The van der Waals surface area contributed by atoms with E-state index in [1.807, 2.05) is 6.92 Å². The molecule has 3 aromatic rings. The van der Waals surface area contributed by atoms with E-state index in [1.165, 1.54) is 6.33 Å². The van der Waals surface area contributed by atoms with E-state index in [-0.39, 0.29) is 11.6 Å². The molecular formula is C21H28N5O6P. The van der Waals surface area contributed by atoms with E-state index in [0.29, 0.717) is 24.1 Å². The molecule has 0 bridgehead atoms. The lowest BCUT2D eigenvalue weighted by Crippen LogP contribution is -2.26. The van der Waals surface area contributed by atoms with Crippen molar-refractivity contribution in [2.24, 2.45) is 5.41 Å². The number of hydrogen-bond acceptors (Lipinski definition) is 10. The number of benzene rings is 1. The highest BCUT2D eigenvalue weighted by molar-refractivity contribution is 7.53. The quantitative estimate of drug-likeness (QED) is 0.245. The Morgan fingerprint density at radius 1 is 1.21 bits per heavy atom. The summed E-state index contributed by atoms with van der Waals surface area (Å²) in [4.78, 5) is 29.5. The molecule has 0 spiro atoms. The van der Waals surface area contributed by atoms with Crippen molar-refractivity contribution in [2.45, 2.75) is 46.8 Å². The fourth-order valence-electron chi connectivity index (χ4n) is 2.63. The Morgan fingerprint density at radius 2 is 1.94 bits per heavy atom. The average Bonchev–Trinajstić information content (AvgIpc) is 3.21. The van der Waals surface area contributed by atoms with Crippen LogP contribution in [0.5, 0.6) is 5.75 Å². The van der Waals surface area contributed by atoms with E-state index in [4.69, 9.17) is 24.6 Å². The van der Waals surface area contributed by atoms with Gasteiger partial charge in [0.25, 0.3) is 0 Å². The van der Waals surface area contributed by atoms with Crippen molar-refractivity contribution in [3.05, 3.63) is 43.0 Å². The van der Waals surface area contributed by atoms with Gasteiger partial charge in [0.1, 0.15) is 17.6 Å². The largest absolute Gasteiger partial charge is 0.441 e. The molecule has 3 rings (SSSR count). The first-order valence-electron chi connectivity index (χ1n) is 10.4. The third-order valence-corrected chi connectivity index (χ3v) is 6.31. The number of nitrogens with two attached hydrogens (primary N) is 1. The summed E-state index contributed by atoms with van der Waals surface area (Å²) in [5, 5.41) is 0. The highest BCUT2D eigenvalue weighted by Gasteiger charge is 2.35. The van der Waals surface area contributed by atoms with E-state index >= 15 is 0 Å². The zero-order valence-corrected chi connectivity index (χ0v) is 19.9. The monoisotopic (exact) mass is 477 g/mol. The number of carbonyl (C=O) groups is 1. The van der Waals surface area contributed by atoms with E-state index in [2.05, 4.69) is 15.0 Å². The molecule has 2 aromatic heterocycles. The lowest BCUT2D eigenvalue weighted by Gasteiger charge is -2.23. The van der Waals surface area contributed by atoms with Gasteiger partial charge >= 0.3 is 13.6 Å². The van der Waals surface area contributed by atoms with Crippen LogP contribution in [0.3, 0.4) is 0 Å². The molecule has 0 aliphatic rings. The third-order valence-electron chi connectivity index (χ3n) is 5.05. The first kappa shape index (κ1) is 24.6. The molecule has 0 amide bonds. The zero-order chi connectivity index (χ0) is 24.1. The number of nitrogens with zero attached hydrogens (tertiary/aromatic N) is 4. The summed E-state index contributed by atoms with van der Waals surface area (Å²) in [6, 6.07) is 8.44. The second-order valence-corrected chi connectivity index (χ2v) is 9.94. The van der Waals surface area contributed by atoms with E-state index in [1.54, 1.807) is 62.0 Å². The molecule has 1 aromatic carbocycles. The minimum atomic E-state index is -4.01. The van der Waals surface area contributed by atoms with Gasteiger partial charge in [0, 0.05) is 0 Å². The Morgan fingerprint density at radius 3 is 2.64 bits per heavy atom. The highest BCUT2D eigenvalue weighted by atomic mass is 31.2. The number of para-hydroxylation sites is 1. The maximum Gasteiger partial charge on any atom is 0.441 e. The van der Waals surface area contributed by atoms with Crippen LogP contribution in [0.15, 0.2) is 43.0 Å². The molecule has 178 valence electrons. The van der Waals surface area contributed by atoms with Crippen molar-refractivity contribution in [1.29, 1.82) is 0 Å². The molecule has 0 fully saturated rings. The average molecular weight is 477 g/mol. The lowest BCUT2D eigenvalue weighted by atomic mass is 9.91. The molecule has 11 nitrogen and oxygen atoms in total. The summed E-state index contributed by atoms with van der Waals surface area (Å²) >= 11 is 0. The number of imidazole rings is 1.